The molecule has 0 aliphatic carbocycles. The second kappa shape index (κ2) is 6.44. The smallest absolute Gasteiger partial charge is 0.294 e. The number of alkyl halides is 3. The van der Waals surface area contributed by atoms with Crippen molar-refractivity contribution in [2.24, 2.45) is 0 Å². The molecule has 0 aliphatic heterocycles. The fourth-order valence-electron chi connectivity index (χ4n) is 1.99. The second-order valence-electron chi connectivity index (χ2n) is 4.81. The van der Waals surface area contributed by atoms with Crippen LogP contribution in [0.5, 0.6) is 0 Å². The summed E-state index contributed by atoms with van der Waals surface area (Å²) in [6.45, 7) is 0. The fourth-order valence-corrected chi connectivity index (χ4v) is 1.99. The zero-order chi connectivity index (χ0) is 16.2. The third kappa shape index (κ3) is 3.95. The molecule has 112 valence electrons. The molecule has 0 N–H and O–H groups in total. The van der Waals surface area contributed by atoms with Crippen molar-refractivity contribution in [1.82, 2.24) is 0 Å². The lowest BCUT2D eigenvalue weighted by Crippen LogP contribution is -2.06. The van der Waals surface area contributed by atoms with E-state index >= 15 is 0 Å². The van der Waals surface area contributed by atoms with Gasteiger partial charge in [0.05, 0.1) is 17.2 Å². The van der Waals surface area contributed by atoms with E-state index in [-0.39, 0.29) is 17.8 Å². The molecule has 2 nitrogen and oxygen atoms in total. The Morgan fingerprint density at radius 1 is 1.00 bits per heavy atom. The number of halogens is 3. The molecular formula is C17H12F3NO. The molecular weight excluding hydrogens is 291 g/mol. The lowest BCUT2D eigenvalue weighted by Gasteiger charge is -2.07. The molecule has 2 aromatic rings. The number of aryl methyl sites for hydroxylation is 1. The van der Waals surface area contributed by atoms with Gasteiger partial charge in [0.15, 0.2) is 5.78 Å². The average Bonchev–Trinajstić information content (AvgIpc) is 2.52. The Morgan fingerprint density at radius 2 is 1.59 bits per heavy atom. The summed E-state index contributed by atoms with van der Waals surface area (Å²) in [7, 11) is 0. The van der Waals surface area contributed by atoms with E-state index in [1.54, 1.807) is 24.3 Å². The number of carbonyl (C=O) groups excluding carboxylic acids is 1. The molecule has 0 aromatic heterocycles. The molecule has 5 heteroatoms. The van der Waals surface area contributed by atoms with Crippen molar-refractivity contribution in [3.05, 3.63) is 70.8 Å². The van der Waals surface area contributed by atoms with Crippen LogP contribution >= 0.6 is 0 Å². The number of benzene rings is 2. The predicted octanol–water partition coefficient (Wildman–Crippen LogP) is 4.39. The van der Waals surface area contributed by atoms with Gasteiger partial charge in [-0.1, -0.05) is 24.3 Å². The highest BCUT2D eigenvalue weighted by Crippen LogP contribution is 2.29. The molecule has 0 unspecified atom stereocenters. The molecule has 2 aromatic carbocycles. The highest BCUT2D eigenvalue weighted by Gasteiger charge is 2.30. The van der Waals surface area contributed by atoms with Crippen molar-refractivity contribution < 1.29 is 18.0 Å². The van der Waals surface area contributed by atoms with Gasteiger partial charge in [-0.15, -0.1) is 0 Å². The van der Waals surface area contributed by atoms with Gasteiger partial charge < -0.3 is 0 Å². The highest BCUT2D eigenvalue weighted by atomic mass is 19.4. The third-order valence-electron chi connectivity index (χ3n) is 3.26. The zero-order valence-electron chi connectivity index (χ0n) is 11.5. The van der Waals surface area contributed by atoms with Crippen molar-refractivity contribution in [1.29, 1.82) is 5.26 Å². The molecule has 0 radical (unpaired) electrons. The largest absolute Gasteiger partial charge is 0.416 e. The highest BCUT2D eigenvalue weighted by molar-refractivity contribution is 5.96. The number of Topliss-reactive ketones (excluding diaryl/α,β-unsaturated/α-hetero) is 1. The summed E-state index contributed by atoms with van der Waals surface area (Å²) in [5.41, 5.74) is 0.940. The molecule has 0 fully saturated rings. The van der Waals surface area contributed by atoms with Gasteiger partial charge in [-0.2, -0.15) is 18.4 Å². The summed E-state index contributed by atoms with van der Waals surface area (Å²) < 4.78 is 37.3. The van der Waals surface area contributed by atoms with Crippen molar-refractivity contribution in [2.45, 2.75) is 19.0 Å². The Balaban J connectivity index is 1.98. The van der Waals surface area contributed by atoms with Crippen LogP contribution in [0.1, 0.15) is 33.5 Å². The van der Waals surface area contributed by atoms with E-state index in [1.165, 1.54) is 12.1 Å². The Hall–Kier alpha value is -2.61. The van der Waals surface area contributed by atoms with Gasteiger partial charge in [-0.05, 0) is 36.2 Å². The molecule has 0 amide bonds. The first-order valence-corrected chi connectivity index (χ1v) is 6.59. The first-order chi connectivity index (χ1) is 10.4. The second-order valence-corrected chi connectivity index (χ2v) is 4.81. The maximum absolute atomic E-state index is 12.4. The SMILES string of the molecule is N#Cc1ccc(CCC(=O)c2ccc(C(F)(F)F)cc2)cc1. The van der Waals surface area contributed by atoms with E-state index in [2.05, 4.69) is 0 Å². The van der Waals surface area contributed by atoms with Gasteiger partial charge in [0.1, 0.15) is 0 Å². The van der Waals surface area contributed by atoms with E-state index in [0.717, 1.165) is 17.7 Å². The van der Waals surface area contributed by atoms with E-state index < -0.39 is 11.7 Å². The minimum absolute atomic E-state index is 0.206. The van der Waals surface area contributed by atoms with E-state index in [1.807, 2.05) is 6.07 Å². The summed E-state index contributed by atoms with van der Waals surface area (Å²) >= 11 is 0. The minimum Gasteiger partial charge on any atom is -0.294 e. The Bertz CT molecular complexity index is 695. The van der Waals surface area contributed by atoms with Crippen LogP contribution in [0, 0.1) is 11.3 Å². The van der Waals surface area contributed by atoms with E-state index in [9.17, 15) is 18.0 Å². The first-order valence-electron chi connectivity index (χ1n) is 6.59. The van der Waals surface area contributed by atoms with Crippen LogP contribution in [0.3, 0.4) is 0 Å². The summed E-state index contributed by atoms with van der Waals surface area (Å²) in [5, 5.41) is 8.69. The molecule has 0 saturated carbocycles. The summed E-state index contributed by atoms with van der Waals surface area (Å²) in [6, 6.07) is 13.1. The van der Waals surface area contributed by atoms with Gasteiger partial charge >= 0.3 is 6.18 Å². The van der Waals surface area contributed by atoms with E-state index in [0.29, 0.717) is 12.0 Å². The summed E-state index contributed by atoms with van der Waals surface area (Å²) in [6.07, 6.45) is -3.72. The van der Waals surface area contributed by atoms with Gasteiger partial charge in [-0.25, -0.2) is 0 Å². The van der Waals surface area contributed by atoms with Crippen LogP contribution in [-0.4, -0.2) is 5.78 Å². The van der Waals surface area contributed by atoms with Crippen LogP contribution in [-0.2, 0) is 12.6 Å². The molecule has 2 rings (SSSR count). The van der Waals surface area contributed by atoms with Crippen LogP contribution in [0.4, 0.5) is 13.2 Å². The van der Waals surface area contributed by atoms with Crippen molar-refractivity contribution in [3.8, 4) is 6.07 Å². The van der Waals surface area contributed by atoms with Crippen molar-refractivity contribution in [3.63, 3.8) is 0 Å². The third-order valence-corrected chi connectivity index (χ3v) is 3.26. The number of hydrogen-bond acceptors (Lipinski definition) is 2. The predicted molar refractivity (Wildman–Crippen MR) is 75.3 cm³/mol. The standard InChI is InChI=1S/C17H12F3NO/c18-17(19,20)15-8-6-14(7-9-15)16(22)10-5-12-1-3-13(11-21)4-2-12/h1-4,6-9H,5,10H2. The van der Waals surface area contributed by atoms with Gasteiger partial charge in [0, 0.05) is 12.0 Å². The maximum atomic E-state index is 12.4. The topological polar surface area (TPSA) is 40.9 Å². The number of nitriles is 1. The molecule has 0 spiro atoms. The molecule has 0 saturated heterocycles. The fraction of sp³-hybridized carbons (Fsp3) is 0.176. The molecule has 0 heterocycles. The van der Waals surface area contributed by atoms with Gasteiger partial charge in [0.2, 0.25) is 0 Å². The Morgan fingerprint density at radius 3 is 2.09 bits per heavy atom. The van der Waals surface area contributed by atoms with E-state index in [4.69, 9.17) is 5.26 Å². The number of rotatable bonds is 4. The number of nitrogens with zero attached hydrogens (tertiary/aromatic N) is 1. The number of carbonyl (C=O) groups is 1. The molecule has 0 atom stereocenters. The Labute approximate surface area is 125 Å². The quantitative estimate of drug-likeness (QED) is 0.786. The van der Waals surface area contributed by atoms with Gasteiger partial charge in [0.25, 0.3) is 0 Å². The monoisotopic (exact) mass is 303 g/mol. The molecule has 0 bridgehead atoms. The van der Waals surface area contributed by atoms with Crippen LogP contribution in [0.2, 0.25) is 0 Å². The zero-order valence-corrected chi connectivity index (χ0v) is 11.5. The first kappa shape index (κ1) is 15.8. The Kier molecular flexibility index (Phi) is 4.62. The van der Waals surface area contributed by atoms with Crippen molar-refractivity contribution >= 4 is 5.78 Å². The minimum atomic E-state index is -4.40. The van der Waals surface area contributed by atoms with Gasteiger partial charge in [-0.3, -0.25) is 4.79 Å². The normalized spacial score (nSPS) is 11.0. The number of ketones is 1. The summed E-state index contributed by atoms with van der Waals surface area (Å²) in [5.74, 6) is -0.210. The number of hydrogen-bond donors (Lipinski definition) is 0. The van der Waals surface area contributed by atoms with Crippen LogP contribution < -0.4 is 0 Å². The average molecular weight is 303 g/mol. The molecule has 0 aliphatic rings. The summed E-state index contributed by atoms with van der Waals surface area (Å²) in [4.78, 5) is 12.0. The van der Waals surface area contributed by atoms with Crippen LogP contribution in [0.15, 0.2) is 48.5 Å². The maximum Gasteiger partial charge on any atom is 0.416 e. The molecule has 22 heavy (non-hydrogen) atoms. The lowest BCUT2D eigenvalue weighted by atomic mass is 10.0. The lowest BCUT2D eigenvalue weighted by molar-refractivity contribution is -0.137. The van der Waals surface area contributed by atoms with Crippen LogP contribution in [0.25, 0.3) is 0 Å². The van der Waals surface area contributed by atoms with Crippen molar-refractivity contribution in [2.75, 3.05) is 0 Å².